The lowest BCUT2D eigenvalue weighted by Gasteiger charge is -2.07. The molecule has 4 aromatic rings. The molecule has 0 aliphatic carbocycles. The second kappa shape index (κ2) is 5.21. The van der Waals surface area contributed by atoms with Gasteiger partial charge in [0.15, 0.2) is 11.5 Å². The monoisotopic (exact) mass is 303 g/mol. The summed E-state index contributed by atoms with van der Waals surface area (Å²) in [5.41, 5.74) is 3.32. The second-order valence-electron chi connectivity index (χ2n) is 5.25. The average molecular weight is 303 g/mol. The fourth-order valence-corrected chi connectivity index (χ4v) is 2.61. The average Bonchev–Trinajstić information content (AvgIpc) is 2.93. The maximum Gasteiger partial charge on any atom is 0.257 e. The van der Waals surface area contributed by atoms with Crippen molar-refractivity contribution < 1.29 is 9.21 Å². The number of fused-ring (bicyclic) bond motifs is 2. The minimum atomic E-state index is -0.200. The Balaban J connectivity index is 1.70. The Morgan fingerprint density at radius 2 is 2.00 bits per heavy atom. The molecule has 5 nitrogen and oxygen atoms in total. The number of nitrogens with zero attached hydrogens (tertiary/aromatic N) is 2. The predicted octanol–water partition coefficient (Wildman–Crippen LogP) is 3.94. The molecule has 2 heterocycles. The van der Waals surface area contributed by atoms with Crippen molar-refractivity contribution in [1.29, 1.82) is 0 Å². The van der Waals surface area contributed by atoms with Gasteiger partial charge in [-0.1, -0.05) is 18.2 Å². The largest absolute Gasteiger partial charge is 0.441 e. The van der Waals surface area contributed by atoms with Gasteiger partial charge in [0.25, 0.3) is 5.91 Å². The summed E-state index contributed by atoms with van der Waals surface area (Å²) in [6, 6.07) is 14.7. The number of carbonyl (C=O) groups excluding carboxylic acids is 1. The van der Waals surface area contributed by atoms with Crippen LogP contribution in [0.1, 0.15) is 16.2 Å². The first-order chi connectivity index (χ1) is 11.2. The zero-order valence-corrected chi connectivity index (χ0v) is 12.4. The molecule has 0 bridgehead atoms. The highest BCUT2D eigenvalue weighted by Gasteiger charge is 2.12. The van der Waals surface area contributed by atoms with Crippen LogP contribution in [-0.2, 0) is 0 Å². The van der Waals surface area contributed by atoms with Crippen molar-refractivity contribution in [2.45, 2.75) is 6.92 Å². The number of benzene rings is 2. The molecule has 1 amide bonds. The third-order valence-electron chi connectivity index (χ3n) is 3.63. The van der Waals surface area contributed by atoms with Crippen LogP contribution in [0.25, 0.3) is 22.0 Å². The summed E-state index contributed by atoms with van der Waals surface area (Å²) in [6.07, 6.45) is 1.68. The summed E-state index contributed by atoms with van der Waals surface area (Å²) < 4.78 is 5.44. The van der Waals surface area contributed by atoms with Gasteiger partial charge in [-0.2, -0.15) is 0 Å². The van der Waals surface area contributed by atoms with E-state index in [2.05, 4.69) is 15.3 Å². The van der Waals surface area contributed by atoms with E-state index in [1.807, 2.05) is 24.3 Å². The number of aryl methyl sites for hydroxylation is 1. The number of amides is 1. The van der Waals surface area contributed by atoms with Gasteiger partial charge in [-0.15, -0.1) is 0 Å². The van der Waals surface area contributed by atoms with Gasteiger partial charge in [-0.3, -0.25) is 9.78 Å². The lowest BCUT2D eigenvalue weighted by molar-refractivity contribution is 0.102. The van der Waals surface area contributed by atoms with Crippen LogP contribution in [0, 0.1) is 6.92 Å². The minimum absolute atomic E-state index is 0.200. The van der Waals surface area contributed by atoms with Gasteiger partial charge in [0.05, 0.1) is 11.1 Å². The number of aromatic nitrogens is 2. The number of hydrogen-bond acceptors (Lipinski definition) is 4. The smallest absolute Gasteiger partial charge is 0.257 e. The van der Waals surface area contributed by atoms with Crippen LogP contribution in [0.15, 0.2) is 59.1 Å². The van der Waals surface area contributed by atoms with E-state index < -0.39 is 0 Å². The first kappa shape index (κ1) is 13.5. The molecular weight excluding hydrogens is 290 g/mol. The molecule has 0 atom stereocenters. The molecule has 0 saturated carbocycles. The number of nitrogens with one attached hydrogen (secondary N) is 1. The standard InChI is InChI=1S/C18H13N3O2/c1-11-20-15-10-13(7-8-16(15)23-11)21-18(22)14-6-2-4-12-5-3-9-19-17(12)14/h2-10H,1H3,(H,21,22). The minimum Gasteiger partial charge on any atom is -0.441 e. The summed E-state index contributed by atoms with van der Waals surface area (Å²) in [5.74, 6) is 0.399. The Morgan fingerprint density at radius 1 is 1.13 bits per heavy atom. The van der Waals surface area contributed by atoms with Crippen molar-refractivity contribution in [3.63, 3.8) is 0 Å². The summed E-state index contributed by atoms with van der Waals surface area (Å²) in [6.45, 7) is 1.79. The van der Waals surface area contributed by atoms with Crippen molar-refractivity contribution in [3.05, 3.63) is 66.2 Å². The highest BCUT2D eigenvalue weighted by molar-refractivity contribution is 6.12. The van der Waals surface area contributed by atoms with E-state index in [4.69, 9.17) is 4.42 Å². The molecule has 112 valence electrons. The van der Waals surface area contributed by atoms with Crippen molar-refractivity contribution >= 4 is 33.6 Å². The van der Waals surface area contributed by atoms with Crippen LogP contribution in [0.2, 0.25) is 0 Å². The lowest BCUT2D eigenvalue weighted by Crippen LogP contribution is -2.12. The Hall–Kier alpha value is -3.21. The van der Waals surface area contributed by atoms with Crippen molar-refractivity contribution in [2.75, 3.05) is 5.32 Å². The molecule has 0 unspecified atom stereocenters. The van der Waals surface area contributed by atoms with Gasteiger partial charge < -0.3 is 9.73 Å². The van der Waals surface area contributed by atoms with Crippen molar-refractivity contribution in [2.24, 2.45) is 0 Å². The number of oxazole rings is 1. The summed E-state index contributed by atoms with van der Waals surface area (Å²) in [4.78, 5) is 21.2. The predicted molar refractivity (Wildman–Crippen MR) is 88.4 cm³/mol. The Kier molecular flexibility index (Phi) is 3.05. The molecule has 4 rings (SSSR count). The van der Waals surface area contributed by atoms with Gasteiger partial charge in [0.2, 0.25) is 0 Å². The fourth-order valence-electron chi connectivity index (χ4n) is 2.61. The molecule has 23 heavy (non-hydrogen) atoms. The quantitative estimate of drug-likeness (QED) is 0.609. The van der Waals surface area contributed by atoms with Gasteiger partial charge in [-0.05, 0) is 30.3 Å². The third-order valence-corrected chi connectivity index (χ3v) is 3.63. The number of hydrogen-bond donors (Lipinski definition) is 1. The van der Waals surface area contributed by atoms with Crippen molar-refractivity contribution in [1.82, 2.24) is 9.97 Å². The molecule has 5 heteroatoms. The van der Waals surface area contributed by atoms with Gasteiger partial charge in [-0.25, -0.2) is 4.98 Å². The Labute approximate surface area is 132 Å². The number of anilines is 1. The molecule has 0 aliphatic rings. The molecule has 0 saturated heterocycles. The number of rotatable bonds is 2. The van der Waals surface area contributed by atoms with E-state index in [9.17, 15) is 4.79 Å². The van der Waals surface area contributed by atoms with E-state index in [0.29, 0.717) is 28.2 Å². The van der Waals surface area contributed by atoms with E-state index in [1.165, 1.54) is 0 Å². The SMILES string of the molecule is Cc1nc2cc(NC(=O)c3cccc4cccnc34)ccc2o1. The topological polar surface area (TPSA) is 68.0 Å². The van der Waals surface area contributed by atoms with Crippen LogP contribution in [-0.4, -0.2) is 15.9 Å². The fraction of sp³-hybridized carbons (Fsp3) is 0.0556. The molecule has 1 N–H and O–H groups in total. The van der Waals surface area contributed by atoms with Crippen molar-refractivity contribution in [3.8, 4) is 0 Å². The summed E-state index contributed by atoms with van der Waals surface area (Å²) >= 11 is 0. The molecule has 0 aliphatic heterocycles. The van der Waals surface area contributed by atoms with Gasteiger partial charge in [0.1, 0.15) is 5.52 Å². The van der Waals surface area contributed by atoms with E-state index in [-0.39, 0.29) is 5.91 Å². The van der Waals surface area contributed by atoms with E-state index in [0.717, 1.165) is 10.9 Å². The van der Waals surface area contributed by atoms with E-state index >= 15 is 0 Å². The maximum atomic E-state index is 12.6. The van der Waals surface area contributed by atoms with Crippen LogP contribution >= 0.6 is 0 Å². The molecule has 0 radical (unpaired) electrons. The summed E-state index contributed by atoms with van der Waals surface area (Å²) in [5, 5.41) is 3.82. The Bertz CT molecular complexity index is 1030. The number of carbonyl (C=O) groups is 1. The highest BCUT2D eigenvalue weighted by atomic mass is 16.3. The first-order valence-electron chi connectivity index (χ1n) is 7.23. The van der Waals surface area contributed by atoms with Crippen LogP contribution < -0.4 is 5.32 Å². The maximum absolute atomic E-state index is 12.6. The molecule has 2 aromatic heterocycles. The summed E-state index contributed by atoms with van der Waals surface area (Å²) in [7, 11) is 0. The van der Waals surface area contributed by atoms with Crippen LogP contribution in [0.4, 0.5) is 5.69 Å². The zero-order valence-electron chi connectivity index (χ0n) is 12.4. The normalized spacial score (nSPS) is 11.0. The number of pyridine rings is 1. The number of para-hydroxylation sites is 1. The van der Waals surface area contributed by atoms with E-state index in [1.54, 1.807) is 37.4 Å². The third kappa shape index (κ3) is 2.42. The molecule has 2 aromatic carbocycles. The first-order valence-corrected chi connectivity index (χ1v) is 7.23. The molecule has 0 spiro atoms. The van der Waals surface area contributed by atoms with Gasteiger partial charge >= 0.3 is 0 Å². The van der Waals surface area contributed by atoms with Crippen LogP contribution in [0.5, 0.6) is 0 Å². The molecule has 0 fully saturated rings. The second-order valence-corrected chi connectivity index (χ2v) is 5.25. The Morgan fingerprint density at radius 3 is 2.91 bits per heavy atom. The lowest BCUT2D eigenvalue weighted by atomic mass is 10.1. The van der Waals surface area contributed by atoms with Crippen LogP contribution in [0.3, 0.4) is 0 Å². The highest BCUT2D eigenvalue weighted by Crippen LogP contribution is 2.21. The zero-order chi connectivity index (χ0) is 15.8. The van der Waals surface area contributed by atoms with Gasteiger partial charge in [0, 0.05) is 24.2 Å². The molecular formula is C18H13N3O2.